The van der Waals surface area contributed by atoms with E-state index in [-0.39, 0.29) is 0 Å². The average Bonchev–Trinajstić information content (AvgIpc) is 2.47. The molecule has 14 heavy (non-hydrogen) atoms. The van der Waals surface area contributed by atoms with Gasteiger partial charge in [0.2, 0.25) is 0 Å². The average molecular weight is 197 g/mol. The highest BCUT2D eigenvalue weighted by molar-refractivity contribution is 4.95. The molecule has 0 bridgehead atoms. The van der Waals surface area contributed by atoms with Crippen molar-refractivity contribution in [2.24, 2.45) is 0 Å². The second-order valence-corrected chi connectivity index (χ2v) is 5.46. The van der Waals surface area contributed by atoms with Crippen molar-refractivity contribution < 1.29 is 0 Å². The molecule has 0 radical (unpaired) electrons. The fourth-order valence-electron chi connectivity index (χ4n) is 2.57. The molecule has 2 rings (SSSR count). The Hall–Kier alpha value is -0.120. The van der Waals surface area contributed by atoms with Crippen LogP contribution in [0, 0.1) is 0 Å². The van der Waals surface area contributed by atoms with Crippen LogP contribution in [0.25, 0.3) is 0 Å². The number of likely N-dealkylation sites (N-methyl/N-ethyl adjacent to an activating group) is 1. The van der Waals surface area contributed by atoms with Crippen LogP contribution in [0.3, 0.4) is 0 Å². The van der Waals surface area contributed by atoms with E-state index < -0.39 is 0 Å². The van der Waals surface area contributed by atoms with Crippen molar-refractivity contribution in [2.75, 3.05) is 39.8 Å². The monoisotopic (exact) mass is 197 g/mol. The standard InChI is InChI=1S/C11H23N3/c1-11(2)8-10(9-12-11)14-6-4-13(3)5-7-14/h10,12H,4-9H2,1-3H3. The van der Waals surface area contributed by atoms with E-state index in [2.05, 4.69) is 36.0 Å². The van der Waals surface area contributed by atoms with E-state index in [0.717, 1.165) is 6.04 Å². The van der Waals surface area contributed by atoms with E-state index in [0.29, 0.717) is 5.54 Å². The first-order chi connectivity index (χ1) is 6.57. The summed E-state index contributed by atoms with van der Waals surface area (Å²) in [7, 11) is 2.22. The Morgan fingerprint density at radius 2 is 1.79 bits per heavy atom. The fourth-order valence-corrected chi connectivity index (χ4v) is 2.57. The minimum Gasteiger partial charge on any atom is -0.310 e. The van der Waals surface area contributed by atoms with Crippen LogP contribution in [-0.4, -0.2) is 61.2 Å². The van der Waals surface area contributed by atoms with Gasteiger partial charge >= 0.3 is 0 Å². The molecule has 2 heterocycles. The Kier molecular flexibility index (Phi) is 2.82. The van der Waals surface area contributed by atoms with Crippen LogP contribution in [-0.2, 0) is 0 Å². The number of hydrogen-bond acceptors (Lipinski definition) is 3. The van der Waals surface area contributed by atoms with Gasteiger partial charge in [0.15, 0.2) is 0 Å². The molecule has 1 N–H and O–H groups in total. The van der Waals surface area contributed by atoms with Gasteiger partial charge in [-0.2, -0.15) is 0 Å². The van der Waals surface area contributed by atoms with Crippen molar-refractivity contribution in [1.29, 1.82) is 0 Å². The first-order valence-corrected chi connectivity index (χ1v) is 5.74. The molecule has 82 valence electrons. The van der Waals surface area contributed by atoms with Gasteiger partial charge in [-0.15, -0.1) is 0 Å². The summed E-state index contributed by atoms with van der Waals surface area (Å²) in [4.78, 5) is 5.08. The summed E-state index contributed by atoms with van der Waals surface area (Å²) in [6.07, 6.45) is 1.30. The minimum absolute atomic E-state index is 0.355. The first-order valence-electron chi connectivity index (χ1n) is 5.74. The third-order valence-corrected chi connectivity index (χ3v) is 3.62. The van der Waals surface area contributed by atoms with Crippen LogP contribution in [0.4, 0.5) is 0 Å². The molecular weight excluding hydrogens is 174 g/mol. The van der Waals surface area contributed by atoms with Crippen LogP contribution >= 0.6 is 0 Å². The highest BCUT2D eigenvalue weighted by Crippen LogP contribution is 2.22. The second kappa shape index (κ2) is 3.80. The molecule has 0 aromatic rings. The van der Waals surface area contributed by atoms with Gasteiger partial charge in [-0.25, -0.2) is 0 Å². The van der Waals surface area contributed by atoms with Crippen molar-refractivity contribution in [1.82, 2.24) is 15.1 Å². The predicted molar refractivity (Wildman–Crippen MR) is 59.6 cm³/mol. The lowest BCUT2D eigenvalue weighted by molar-refractivity contribution is 0.116. The molecule has 2 aliphatic rings. The van der Waals surface area contributed by atoms with Crippen LogP contribution in [0.2, 0.25) is 0 Å². The molecule has 2 fully saturated rings. The van der Waals surface area contributed by atoms with Crippen molar-refractivity contribution in [3.63, 3.8) is 0 Å². The Bertz CT molecular complexity index is 195. The molecule has 0 aromatic heterocycles. The maximum Gasteiger partial charge on any atom is 0.0239 e. The Balaban J connectivity index is 1.85. The van der Waals surface area contributed by atoms with Crippen molar-refractivity contribution in [3.05, 3.63) is 0 Å². The Labute approximate surface area is 87.4 Å². The van der Waals surface area contributed by atoms with Crippen molar-refractivity contribution in [2.45, 2.75) is 31.8 Å². The molecule has 0 amide bonds. The quantitative estimate of drug-likeness (QED) is 0.655. The first kappa shape index (κ1) is 10.4. The second-order valence-electron chi connectivity index (χ2n) is 5.46. The molecule has 1 atom stereocenters. The topological polar surface area (TPSA) is 18.5 Å². The Morgan fingerprint density at radius 3 is 2.29 bits per heavy atom. The normalized spacial score (nSPS) is 34.9. The predicted octanol–water partition coefficient (Wildman–Crippen LogP) is 0.374. The van der Waals surface area contributed by atoms with E-state index in [9.17, 15) is 0 Å². The summed E-state index contributed by atoms with van der Waals surface area (Å²) in [5.74, 6) is 0. The molecule has 3 nitrogen and oxygen atoms in total. The lowest BCUT2D eigenvalue weighted by Gasteiger charge is -2.36. The van der Waals surface area contributed by atoms with Gasteiger partial charge in [-0.05, 0) is 27.3 Å². The van der Waals surface area contributed by atoms with Crippen LogP contribution in [0.15, 0.2) is 0 Å². The maximum atomic E-state index is 3.60. The number of rotatable bonds is 1. The summed E-state index contributed by atoms with van der Waals surface area (Å²) >= 11 is 0. The van der Waals surface area contributed by atoms with E-state index >= 15 is 0 Å². The van der Waals surface area contributed by atoms with Gasteiger partial charge in [-0.1, -0.05) is 0 Å². The molecule has 2 aliphatic heterocycles. The number of hydrogen-bond donors (Lipinski definition) is 1. The van der Waals surface area contributed by atoms with Gasteiger partial charge in [0.25, 0.3) is 0 Å². The van der Waals surface area contributed by atoms with E-state index in [4.69, 9.17) is 0 Å². The van der Waals surface area contributed by atoms with Gasteiger partial charge in [-0.3, -0.25) is 4.90 Å². The summed E-state index contributed by atoms with van der Waals surface area (Å²) < 4.78 is 0. The lowest BCUT2D eigenvalue weighted by atomic mass is 10.0. The van der Waals surface area contributed by atoms with Crippen LogP contribution in [0.5, 0.6) is 0 Å². The molecule has 0 saturated carbocycles. The zero-order valence-electron chi connectivity index (χ0n) is 9.71. The highest BCUT2D eigenvalue weighted by atomic mass is 15.3. The molecule has 0 spiro atoms. The largest absolute Gasteiger partial charge is 0.310 e. The summed E-state index contributed by atoms with van der Waals surface area (Å²) in [6, 6.07) is 0.777. The van der Waals surface area contributed by atoms with Gasteiger partial charge < -0.3 is 10.2 Å². The molecule has 1 unspecified atom stereocenters. The fraction of sp³-hybridized carbons (Fsp3) is 1.00. The number of nitrogens with zero attached hydrogens (tertiary/aromatic N) is 2. The summed E-state index contributed by atoms with van der Waals surface area (Å²) in [5.41, 5.74) is 0.355. The van der Waals surface area contributed by atoms with E-state index in [1.807, 2.05) is 0 Å². The zero-order valence-corrected chi connectivity index (χ0v) is 9.71. The van der Waals surface area contributed by atoms with Gasteiger partial charge in [0, 0.05) is 44.3 Å². The summed E-state index contributed by atoms with van der Waals surface area (Å²) in [5, 5.41) is 3.60. The lowest BCUT2D eigenvalue weighted by Crippen LogP contribution is -2.49. The molecule has 0 aromatic carbocycles. The highest BCUT2D eigenvalue weighted by Gasteiger charge is 2.34. The number of piperazine rings is 1. The maximum absolute atomic E-state index is 3.60. The van der Waals surface area contributed by atoms with Crippen LogP contribution in [0.1, 0.15) is 20.3 Å². The summed E-state index contributed by atoms with van der Waals surface area (Å²) in [6.45, 7) is 10.8. The number of nitrogens with one attached hydrogen (secondary N) is 1. The smallest absolute Gasteiger partial charge is 0.0239 e. The zero-order chi connectivity index (χ0) is 10.2. The van der Waals surface area contributed by atoms with Gasteiger partial charge in [0.1, 0.15) is 0 Å². The van der Waals surface area contributed by atoms with Crippen molar-refractivity contribution >= 4 is 0 Å². The Morgan fingerprint density at radius 1 is 1.14 bits per heavy atom. The molecule has 2 saturated heterocycles. The SMILES string of the molecule is CN1CCN(C2CNC(C)(C)C2)CC1. The molecule has 0 aliphatic carbocycles. The minimum atomic E-state index is 0.355. The van der Waals surface area contributed by atoms with Crippen molar-refractivity contribution in [3.8, 4) is 0 Å². The van der Waals surface area contributed by atoms with Gasteiger partial charge in [0.05, 0.1) is 0 Å². The van der Waals surface area contributed by atoms with E-state index in [1.54, 1.807) is 0 Å². The molecule has 3 heteroatoms. The van der Waals surface area contributed by atoms with E-state index in [1.165, 1.54) is 39.1 Å². The third kappa shape index (κ3) is 2.27. The third-order valence-electron chi connectivity index (χ3n) is 3.62. The van der Waals surface area contributed by atoms with Crippen LogP contribution < -0.4 is 5.32 Å². The molecular formula is C11H23N3.